The molecule has 0 saturated carbocycles. The van der Waals surface area contributed by atoms with Gasteiger partial charge >= 0.3 is 0 Å². The van der Waals surface area contributed by atoms with Crippen molar-refractivity contribution in [1.29, 1.82) is 0 Å². The van der Waals surface area contributed by atoms with Gasteiger partial charge in [0.2, 0.25) is 11.8 Å². The standard InChI is InChI=1S/C20H20N4O3S2/c1-24-19(27)16-13-4-2-3-5-14(13)29-18(16)23-20(24)28-10-15(25)22-12-8-6-11(7-9-12)17(21)26/h6-9H,2-5,10H2,1H3,(H2,21,26)(H,22,25). The third kappa shape index (κ3) is 3.92. The summed E-state index contributed by atoms with van der Waals surface area (Å²) in [6.45, 7) is 0. The number of primary amides is 1. The highest BCUT2D eigenvalue weighted by Gasteiger charge is 2.21. The third-order valence-electron chi connectivity index (χ3n) is 4.94. The number of nitrogens with one attached hydrogen (secondary N) is 1. The third-order valence-corrected chi connectivity index (χ3v) is 7.16. The topological polar surface area (TPSA) is 107 Å². The number of rotatable bonds is 5. The van der Waals surface area contributed by atoms with E-state index in [0.29, 0.717) is 16.4 Å². The number of nitrogens with zero attached hydrogens (tertiary/aromatic N) is 2. The van der Waals surface area contributed by atoms with E-state index in [4.69, 9.17) is 5.73 Å². The molecule has 150 valence electrons. The summed E-state index contributed by atoms with van der Waals surface area (Å²) in [7, 11) is 1.70. The maximum absolute atomic E-state index is 12.9. The van der Waals surface area contributed by atoms with E-state index in [2.05, 4.69) is 10.3 Å². The van der Waals surface area contributed by atoms with Crippen molar-refractivity contribution >= 4 is 50.8 Å². The summed E-state index contributed by atoms with van der Waals surface area (Å²) < 4.78 is 1.53. The minimum Gasteiger partial charge on any atom is -0.366 e. The van der Waals surface area contributed by atoms with Crippen LogP contribution in [0.4, 0.5) is 5.69 Å². The molecule has 0 radical (unpaired) electrons. The molecule has 0 aliphatic heterocycles. The van der Waals surface area contributed by atoms with E-state index < -0.39 is 5.91 Å². The number of aryl methyl sites for hydroxylation is 2. The molecule has 0 unspecified atom stereocenters. The smallest absolute Gasteiger partial charge is 0.262 e. The maximum Gasteiger partial charge on any atom is 0.262 e. The zero-order chi connectivity index (χ0) is 20.5. The number of benzene rings is 1. The average Bonchev–Trinajstić information content (AvgIpc) is 3.08. The fraction of sp³-hybridized carbons (Fsp3) is 0.300. The van der Waals surface area contributed by atoms with Crippen molar-refractivity contribution in [3.8, 4) is 0 Å². The lowest BCUT2D eigenvalue weighted by atomic mass is 9.97. The number of amides is 2. The van der Waals surface area contributed by atoms with Gasteiger partial charge in [-0.3, -0.25) is 19.0 Å². The van der Waals surface area contributed by atoms with Crippen molar-refractivity contribution in [3.63, 3.8) is 0 Å². The van der Waals surface area contributed by atoms with Crippen LogP contribution in [0, 0.1) is 0 Å². The van der Waals surface area contributed by atoms with Crippen LogP contribution in [0.3, 0.4) is 0 Å². The first-order valence-corrected chi connectivity index (χ1v) is 11.1. The lowest BCUT2D eigenvalue weighted by Gasteiger charge is -2.11. The van der Waals surface area contributed by atoms with Crippen molar-refractivity contribution < 1.29 is 9.59 Å². The van der Waals surface area contributed by atoms with Crippen LogP contribution in [-0.4, -0.2) is 27.1 Å². The van der Waals surface area contributed by atoms with Crippen molar-refractivity contribution in [2.45, 2.75) is 30.8 Å². The van der Waals surface area contributed by atoms with E-state index in [1.165, 1.54) is 21.2 Å². The first kappa shape index (κ1) is 19.7. The van der Waals surface area contributed by atoms with Gasteiger partial charge in [-0.2, -0.15) is 0 Å². The molecule has 3 N–H and O–H groups in total. The number of thiophene rings is 1. The Morgan fingerprint density at radius 2 is 1.97 bits per heavy atom. The second-order valence-corrected chi connectivity index (χ2v) is 8.95. The molecule has 1 aliphatic rings. The van der Waals surface area contributed by atoms with Gasteiger partial charge in [-0.15, -0.1) is 11.3 Å². The normalized spacial score (nSPS) is 13.3. The number of carbonyl (C=O) groups excluding carboxylic acids is 2. The van der Waals surface area contributed by atoms with Crippen LogP contribution in [0.5, 0.6) is 0 Å². The van der Waals surface area contributed by atoms with Gasteiger partial charge in [-0.25, -0.2) is 4.98 Å². The molecule has 1 aromatic carbocycles. The molecule has 9 heteroatoms. The molecule has 2 heterocycles. The van der Waals surface area contributed by atoms with E-state index in [9.17, 15) is 14.4 Å². The Morgan fingerprint density at radius 1 is 1.24 bits per heavy atom. The predicted molar refractivity (Wildman–Crippen MR) is 116 cm³/mol. The Labute approximate surface area is 175 Å². The quantitative estimate of drug-likeness (QED) is 0.480. The van der Waals surface area contributed by atoms with E-state index >= 15 is 0 Å². The SMILES string of the molecule is Cn1c(SCC(=O)Nc2ccc(C(N)=O)cc2)nc2sc3c(c2c1=O)CCCC3. The Balaban J connectivity index is 1.49. The Bertz CT molecular complexity index is 1170. The second-order valence-electron chi connectivity index (χ2n) is 6.93. The minimum atomic E-state index is -0.518. The Hall–Kier alpha value is -2.65. The molecule has 3 aromatic rings. The number of hydrogen-bond donors (Lipinski definition) is 2. The molecular formula is C20H20N4O3S2. The molecule has 7 nitrogen and oxygen atoms in total. The molecular weight excluding hydrogens is 408 g/mol. The van der Waals surface area contributed by atoms with Crippen LogP contribution in [0.15, 0.2) is 34.2 Å². The molecule has 2 aromatic heterocycles. The van der Waals surface area contributed by atoms with E-state index in [1.807, 2.05) is 0 Å². The largest absolute Gasteiger partial charge is 0.366 e. The summed E-state index contributed by atoms with van der Waals surface area (Å²) in [5.41, 5.74) is 7.29. The van der Waals surface area contributed by atoms with Crippen molar-refractivity contribution in [2.24, 2.45) is 12.8 Å². The molecule has 29 heavy (non-hydrogen) atoms. The first-order chi connectivity index (χ1) is 13.9. The van der Waals surface area contributed by atoms with E-state index in [0.717, 1.165) is 41.5 Å². The predicted octanol–water partition coefficient (Wildman–Crippen LogP) is 2.70. The molecule has 1 aliphatic carbocycles. The summed E-state index contributed by atoms with van der Waals surface area (Å²) in [5.74, 6) is -0.619. The summed E-state index contributed by atoms with van der Waals surface area (Å²) in [5, 5.41) is 4.04. The summed E-state index contributed by atoms with van der Waals surface area (Å²) >= 11 is 2.83. The molecule has 0 saturated heterocycles. The highest BCUT2D eigenvalue weighted by Crippen LogP contribution is 2.34. The summed E-state index contributed by atoms with van der Waals surface area (Å²) in [6, 6.07) is 6.36. The fourth-order valence-corrected chi connectivity index (χ4v) is 5.52. The average molecular weight is 429 g/mol. The molecule has 0 bridgehead atoms. The number of hydrogen-bond acceptors (Lipinski definition) is 6. The summed E-state index contributed by atoms with van der Waals surface area (Å²) in [6.07, 6.45) is 4.22. The lowest BCUT2D eigenvalue weighted by molar-refractivity contribution is -0.113. The number of thioether (sulfide) groups is 1. The fourth-order valence-electron chi connectivity index (χ4n) is 3.44. The highest BCUT2D eigenvalue weighted by molar-refractivity contribution is 7.99. The number of anilines is 1. The molecule has 2 amide bonds. The van der Waals surface area contributed by atoms with Crippen LogP contribution < -0.4 is 16.6 Å². The van der Waals surface area contributed by atoms with Gasteiger partial charge < -0.3 is 11.1 Å². The van der Waals surface area contributed by atoms with Crippen LogP contribution in [0.2, 0.25) is 0 Å². The molecule has 0 fully saturated rings. The van der Waals surface area contributed by atoms with Crippen molar-refractivity contribution in [2.75, 3.05) is 11.1 Å². The van der Waals surface area contributed by atoms with E-state index in [1.54, 1.807) is 42.6 Å². The van der Waals surface area contributed by atoms with Gasteiger partial charge in [0.05, 0.1) is 11.1 Å². The Kier molecular flexibility index (Phi) is 5.42. The van der Waals surface area contributed by atoms with Crippen molar-refractivity contribution in [1.82, 2.24) is 9.55 Å². The first-order valence-electron chi connectivity index (χ1n) is 9.28. The number of nitrogens with two attached hydrogens (primary N) is 1. The number of fused-ring (bicyclic) bond motifs is 3. The van der Waals surface area contributed by atoms with Gasteiger partial charge in [0.1, 0.15) is 4.83 Å². The van der Waals surface area contributed by atoms with Crippen LogP contribution in [-0.2, 0) is 24.7 Å². The minimum absolute atomic E-state index is 0.0423. The highest BCUT2D eigenvalue weighted by atomic mass is 32.2. The van der Waals surface area contributed by atoms with E-state index in [-0.39, 0.29) is 17.2 Å². The molecule has 4 rings (SSSR count). The lowest BCUT2D eigenvalue weighted by Crippen LogP contribution is -2.22. The van der Waals surface area contributed by atoms with Crippen LogP contribution in [0.25, 0.3) is 10.2 Å². The molecule has 0 spiro atoms. The van der Waals surface area contributed by atoms with Gasteiger partial charge in [-0.1, -0.05) is 11.8 Å². The maximum atomic E-state index is 12.9. The van der Waals surface area contributed by atoms with Gasteiger partial charge in [0.25, 0.3) is 5.56 Å². The zero-order valence-electron chi connectivity index (χ0n) is 15.9. The monoisotopic (exact) mass is 428 g/mol. The van der Waals surface area contributed by atoms with Crippen molar-refractivity contribution in [3.05, 3.63) is 50.6 Å². The molecule has 0 atom stereocenters. The number of carbonyl (C=O) groups is 2. The second kappa shape index (κ2) is 8.00. The number of aromatic nitrogens is 2. The van der Waals surface area contributed by atoms with Crippen LogP contribution >= 0.6 is 23.1 Å². The van der Waals surface area contributed by atoms with Gasteiger partial charge in [0.15, 0.2) is 5.16 Å². The Morgan fingerprint density at radius 3 is 2.69 bits per heavy atom. The van der Waals surface area contributed by atoms with Gasteiger partial charge in [-0.05, 0) is 55.5 Å². The van der Waals surface area contributed by atoms with Gasteiger partial charge in [0, 0.05) is 23.2 Å². The zero-order valence-corrected chi connectivity index (χ0v) is 17.5. The summed E-state index contributed by atoms with van der Waals surface area (Å²) in [4.78, 5) is 43.0. The van der Waals surface area contributed by atoms with Crippen LogP contribution in [0.1, 0.15) is 33.6 Å².